The van der Waals surface area contributed by atoms with E-state index in [1.54, 1.807) is 6.33 Å². The maximum Gasteiger partial charge on any atom is 0.135 e. The lowest BCUT2D eigenvalue weighted by atomic mass is 10.0. The van der Waals surface area contributed by atoms with Crippen LogP contribution in [0.25, 0.3) is 0 Å². The fourth-order valence-corrected chi connectivity index (χ4v) is 3.38. The van der Waals surface area contributed by atoms with E-state index in [-0.39, 0.29) is 5.54 Å². The van der Waals surface area contributed by atoms with Crippen molar-refractivity contribution >= 4 is 23.0 Å². The fourth-order valence-electron chi connectivity index (χ4n) is 3.25. The van der Waals surface area contributed by atoms with Gasteiger partial charge < -0.3 is 10.6 Å². The smallest absolute Gasteiger partial charge is 0.135 e. The maximum absolute atomic E-state index is 5.88. The zero-order valence-corrected chi connectivity index (χ0v) is 13.6. The molecule has 2 aliphatic rings. The third kappa shape index (κ3) is 2.62. The monoisotopic (exact) mass is 305 g/mol. The van der Waals surface area contributed by atoms with Gasteiger partial charge in [0.25, 0.3) is 0 Å². The number of nitrogens with two attached hydrogens (primary N) is 1. The van der Waals surface area contributed by atoms with Gasteiger partial charge in [0.05, 0.1) is 10.5 Å². The summed E-state index contributed by atoms with van der Waals surface area (Å²) in [5.74, 6) is 1.14. The summed E-state index contributed by atoms with van der Waals surface area (Å²) in [6.45, 7) is 8.07. The van der Waals surface area contributed by atoms with Gasteiger partial charge in [-0.2, -0.15) is 0 Å². The van der Waals surface area contributed by atoms with E-state index in [0.29, 0.717) is 4.99 Å². The molecule has 5 nitrogen and oxygen atoms in total. The van der Waals surface area contributed by atoms with Crippen molar-refractivity contribution in [3.63, 3.8) is 0 Å². The number of anilines is 1. The molecular formula is C15H23N5S. The summed E-state index contributed by atoms with van der Waals surface area (Å²) in [4.78, 5) is 14.3. The molecule has 2 heterocycles. The van der Waals surface area contributed by atoms with Crippen LogP contribution < -0.4 is 10.6 Å². The summed E-state index contributed by atoms with van der Waals surface area (Å²) in [5.41, 5.74) is 8.27. The van der Waals surface area contributed by atoms with Crippen LogP contribution in [-0.2, 0) is 12.8 Å². The Labute approximate surface area is 131 Å². The molecule has 0 aromatic carbocycles. The van der Waals surface area contributed by atoms with E-state index in [1.165, 1.54) is 17.7 Å². The first-order chi connectivity index (χ1) is 10.00. The van der Waals surface area contributed by atoms with Gasteiger partial charge in [-0.15, -0.1) is 0 Å². The Morgan fingerprint density at radius 3 is 2.57 bits per heavy atom. The summed E-state index contributed by atoms with van der Waals surface area (Å²) >= 11 is 5.20. The highest BCUT2D eigenvalue weighted by atomic mass is 32.1. The topological polar surface area (TPSA) is 58.3 Å². The van der Waals surface area contributed by atoms with Gasteiger partial charge in [0, 0.05) is 37.4 Å². The van der Waals surface area contributed by atoms with E-state index in [0.717, 1.165) is 44.8 Å². The van der Waals surface area contributed by atoms with Crippen molar-refractivity contribution in [1.82, 2.24) is 14.9 Å². The molecule has 1 aliphatic heterocycles. The number of nitrogens with zero attached hydrogens (tertiary/aromatic N) is 4. The molecule has 0 spiro atoms. The predicted octanol–water partition coefficient (Wildman–Crippen LogP) is 1.15. The molecule has 0 unspecified atom stereocenters. The Balaban J connectivity index is 1.72. The summed E-state index contributed by atoms with van der Waals surface area (Å²) < 4.78 is 0. The van der Waals surface area contributed by atoms with Crippen LogP contribution in [0.1, 0.15) is 31.5 Å². The largest absolute Gasteiger partial charge is 0.392 e. The molecule has 6 heteroatoms. The first-order valence-electron chi connectivity index (χ1n) is 7.63. The molecule has 0 bridgehead atoms. The van der Waals surface area contributed by atoms with Crippen molar-refractivity contribution in [2.75, 3.05) is 31.1 Å². The quantitative estimate of drug-likeness (QED) is 0.846. The van der Waals surface area contributed by atoms with Crippen molar-refractivity contribution in [3.05, 3.63) is 17.6 Å². The molecule has 1 aromatic rings. The molecule has 21 heavy (non-hydrogen) atoms. The third-order valence-corrected chi connectivity index (χ3v) is 5.32. The van der Waals surface area contributed by atoms with Crippen LogP contribution in [0.5, 0.6) is 0 Å². The second kappa shape index (κ2) is 5.50. The van der Waals surface area contributed by atoms with E-state index in [1.807, 2.05) is 0 Å². The second-order valence-corrected chi connectivity index (χ2v) is 6.81. The van der Waals surface area contributed by atoms with Crippen LogP contribution in [0, 0.1) is 0 Å². The Kier molecular flexibility index (Phi) is 3.84. The van der Waals surface area contributed by atoms with Gasteiger partial charge in [-0.3, -0.25) is 4.90 Å². The Hall–Kier alpha value is -1.27. The van der Waals surface area contributed by atoms with Crippen LogP contribution >= 0.6 is 12.2 Å². The van der Waals surface area contributed by atoms with Crippen LogP contribution in [-0.4, -0.2) is 51.6 Å². The van der Waals surface area contributed by atoms with Gasteiger partial charge in [-0.25, -0.2) is 9.97 Å². The third-order valence-electron chi connectivity index (χ3n) is 4.82. The normalized spacial score (nSPS) is 19.6. The van der Waals surface area contributed by atoms with Crippen molar-refractivity contribution < 1.29 is 0 Å². The highest BCUT2D eigenvalue weighted by Crippen LogP contribution is 2.29. The zero-order chi connectivity index (χ0) is 15.0. The zero-order valence-electron chi connectivity index (χ0n) is 12.8. The Morgan fingerprint density at radius 1 is 1.19 bits per heavy atom. The minimum absolute atomic E-state index is 0.213. The highest BCUT2D eigenvalue weighted by Gasteiger charge is 2.33. The van der Waals surface area contributed by atoms with Gasteiger partial charge in [0.2, 0.25) is 0 Å². The van der Waals surface area contributed by atoms with E-state index in [9.17, 15) is 0 Å². The van der Waals surface area contributed by atoms with E-state index >= 15 is 0 Å². The maximum atomic E-state index is 5.88. The first-order valence-corrected chi connectivity index (χ1v) is 8.03. The van der Waals surface area contributed by atoms with Gasteiger partial charge >= 0.3 is 0 Å². The van der Waals surface area contributed by atoms with Crippen molar-refractivity contribution in [1.29, 1.82) is 0 Å². The summed E-state index contributed by atoms with van der Waals surface area (Å²) in [7, 11) is 0. The average Bonchev–Trinajstić information content (AvgIpc) is 2.95. The minimum Gasteiger partial charge on any atom is -0.392 e. The number of hydrogen-bond donors (Lipinski definition) is 1. The molecule has 0 radical (unpaired) electrons. The van der Waals surface area contributed by atoms with Crippen LogP contribution in [0.15, 0.2) is 6.33 Å². The summed E-state index contributed by atoms with van der Waals surface area (Å²) in [6.07, 6.45) is 5.13. The molecule has 2 N–H and O–H groups in total. The SMILES string of the molecule is CC(C)(C(N)=S)N1CCN(c2ncnc3c2CCC3)CC1. The number of hydrogen-bond acceptors (Lipinski definition) is 5. The van der Waals surface area contributed by atoms with Gasteiger partial charge in [0.1, 0.15) is 12.1 Å². The first kappa shape index (κ1) is 14.7. The van der Waals surface area contributed by atoms with Crippen LogP contribution in [0.4, 0.5) is 5.82 Å². The number of fused-ring (bicyclic) bond motifs is 1. The molecule has 0 atom stereocenters. The highest BCUT2D eigenvalue weighted by molar-refractivity contribution is 7.80. The number of piperazine rings is 1. The number of aromatic nitrogens is 2. The minimum atomic E-state index is -0.213. The standard InChI is InChI=1S/C15H23N5S/c1-15(2,14(16)21)20-8-6-19(7-9-20)13-11-4-3-5-12(11)17-10-18-13/h10H,3-9H2,1-2H3,(H2,16,21). The van der Waals surface area contributed by atoms with E-state index in [2.05, 4.69) is 33.6 Å². The fraction of sp³-hybridized carbons (Fsp3) is 0.667. The van der Waals surface area contributed by atoms with Crippen LogP contribution in [0.2, 0.25) is 0 Å². The molecule has 1 aromatic heterocycles. The number of aryl methyl sites for hydroxylation is 1. The summed E-state index contributed by atoms with van der Waals surface area (Å²) in [5, 5.41) is 0. The molecule has 1 aliphatic carbocycles. The van der Waals surface area contributed by atoms with Crippen molar-refractivity contribution in [2.45, 2.75) is 38.6 Å². The number of rotatable bonds is 3. The van der Waals surface area contributed by atoms with Crippen molar-refractivity contribution in [3.8, 4) is 0 Å². The van der Waals surface area contributed by atoms with E-state index < -0.39 is 0 Å². The lowest BCUT2D eigenvalue weighted by Crippen LogP contribution is -2.59. The second-order valence-electron chi connectivity index (χ2n) is 6.37. The molecule has 1 fully saturated rings. The predicted molar refractivity (Wildman–Crippen MR) is 88.7 cm³/mol. The molecule has 1 saturated heterocycles. The molecule has 0 saturated carbocycles. The molecular weight excluding hydrogens is 282 g/mol. The average molecular weight is 305 g/mol. The Morgan fingerprint density at radius 2 is 1.90 bits per heavy atom. The molecule has 3 rings (SSSR count). The van der Waals surface area contributed by atoms with Crippen molar-refractivity contribution in [2.24, 2.45) is 5.73 Å². The van der Waals surface area contributed by atoms with Gasteiger partial charge in [-0.05, 0) is 33.1 Å². The molecule has 0 amide bonds. The molecule has 114 valence electrons. The Bertz CT molecular complexity index is 549. The lowest BCUT2D eigenvalue weighted by Gasteiger charge is -2.44. The van der Waals surface area contributed by atoms with E-state index in [4.69, 9.17) is 18.0 Å². The van der Waals surface area contributed by atoms with Crippen LogP contribution in [0.3, 0.4) is 0 Å². The number of thiocarbonyl (C=S) groups is 1. The van der Waals surface area contributed by atoms with Gasteiger partial charge in [-0.1, -0.05) is 12.2 Å². The summed E-state index contributed by atoms with van der Waals surface area (Å²) in [6, 6.07) is 0. The van der Waals surface area contributed by atoms with Gasteiger partial charge in [0.15, 0.2) is 0 Å². The lowest BCUT2D eigenvalue weighted by molar-refractivity contribution is 0.168.